The fraction of sp³-hybridized carbons (Fsp3) is 0.318. The van der Waals surface area contributed by atoms with Crippen molar-refractivity contribution >= 4 is 23.5 Å². The number of carbonyl (C=O) groups excluding carboxylic acids is 3. The monoisotopic (exact) mass is 396 g/mol. The third kappa shape index (κ3) is 6.34. The minimum atomic E-state index is -0.705. The number of hydrogen-bond donors (Lipinski definition) is 4. The molecule has 2 aromatic rings. The second-order valence-electron chi connectivity index (χ2n) is 7.13. The van der Waals surface area contributed by atoms with E-state index in [1.165, 1.54) is 0 Å². The summed E-state index contributed by atoms with van der Waals surface area (Å²) in [6.07, 6.45) is 0. The van der Waals surface area contributed by atoms with Crippen molar-refractivity contribution in [3.8, 4) is 0 Å². The number of benzene rings is 2. The van der Waals surface area contributed by atoms with Crippen molar-refractivity contribution in [2.75, 3.05) is 12.4 Å². The Morgan fingerprint density at radius 3 is 2.28 bits per heavy atom. The fourth-order valence-electron chi connectivity index (χ4n) is 2.81. The average molecular weight is 396 g/mol. The molecule has 0 fully saturated rings. The van der Waals surface area contributed by atoms with E-state index in [0.29, 0.717) is 17.8 Å². The Morgan fingerprint density at radius 2 is 1.69 bits per heavy atom. The van der Waals surface area contributed by atoms with Crippen molar-refractivity contribution < 1.29 is 14.4 Å². The molecule has 1 unspecified atom stereocenters. The van der Waals surface area contributed by atoms with Crippen molar-refractivity contribution in [3.05, 3.63) is 65.2 Å². The minimum Gasteiger partial charge on any atom is -0.355 e. The Balaban J connectivity index is 2.00. The molecule has 0 aliphatic heterocycles. The molecular formula is C22H28N4O3. The lowest BCUT2D eigenvalue weighted by Crippen LogP contribution is -2.50. The number of urea groups is 1. The third-order valence-electron chi connectivity index (χ3n) is 4.51. The van der Waals surface area contributed by atoms with Crippen molar-refractivity contribution in [1.29, 1.82) is 0 Å². The number of carbonyl (C=O) groups is 3. The van der Waals surface area contributed by atoms with Gasteiger partial charge < -0.3 is 21.3 Å². The van der Waals surface area contributed by atoms with Crippen molar-refractivity contribution in [3.63, 3.8) is 0 Å². The smallest absolute Gasteiger partial charge is 0.315 e. The van der Waals surface area contributed by atoms with E-state index in [-0.39, 0.29) is 17.7 Å². The molecule has 2 aromatic carbocycles. The Morgan fingerprint density at radius 1 is 1.00 bits per heavy atom. The Labute approximate surface area is 171 Å². The lowest BCUT2D eigenvalue weighted by atomic mass is 10.0. The maximum atomic E-state index is 12.8. The lowest BCUT2D eigenvalue weighted by Gasteiger charge is -2.22. The van der Waals surface area contributed by atoms with Gasteiger partial charge in [0.25, 0.3) is 5.91 Å². The summed E-state index contributed by atoms with van der Waals surface area (Å²) < 4.78 is 0. The molecule has 4 amide bonds. The first kappa shape index (κ1) is 21.9. The Kier molecular flexibility index (Phi) is 7.77. The van der Waals surface area contributed by atoms with Gasteiger partial charge in [0.05, 0.1) is 0 Å². The van der Waals surface area contributed by atoms with Crippen LogP contribution in [0.1, 0.15) is 35.3 Å². The van der Waals surface area contributed by atoms with Gasteiger partial charge in [-0.3, -0.25) is 9.59 Å². The highest BCUT2D eigenvalue weighted by Gasteiger charge is 2.24. The van der Waals surface area contributed by atoms with Crippen LogP contribution in [0.4, 0.5) is 10.5 Å². The summed E-state index contributed by atoms with van der Waals surface area (Å²) in [5.41, 5.74) is 2.84. The van der Waals surface area contributed by atoms with Crippen LogP contribution in [0.25, 0.3) is 0 Å². The highest BCUT2D eigenvalue weighted by molar-refractivity contribution is 5.99. The van der Waals surface area contributed by atoms with Gasteiger partial charge in [0.2, 0.25) is 5.91 Å². The van der Waals surface area contributed by atoms with Crippen LogP contribution < -0.4 is 21.3 Å². The fourth-order valence-corrected chi connectivity index (χ4v) is 2.81. The van der Waals surface area contributed by atoms with Crippen LogP contribution in [0.2, 0.25) is 0 Å². The maximum Gasteiger partial charge on any atom is 0.315 e. The van der Waals surface area contributed by atoms with Crippen LogP contribution in [0.3, 0.4) is 0 Å². The molecule has 2 rings (SSSR count). The van der Waals surface area contributed by atoms with E-state index in [1.54, 1.807) is 25.2 Å². The molecule has 0 saturated heterocycles. The molecular weight excluding hydrogens is 368 g/mol. The van der Waals surface area contributed by atoms with E-state index in [0.717, 1.165) is 11.1 Å². The molecule has 4 N–H and O–H groups in total. The van der Waals surface area contributed by atoms with Gasteiger partial charge in [0.15, 0.2) is 0 Å². The number of rotatable bonds is 7. The van der Waals surface area contributed by atoms with Crippen LogP contribution in [0.15, 0.2) is 48.5 Å². The summed E-state index contributed by atoms with van der Waals surface area (Å²) >= 11 is 0. The van der Waals surface area contributed by atoms with Crippen LogP contribution in [-0.4, -0.2) is 30.9 Å². The molecule has 0 radical (unpaired) electrons. The summed E-state index contributed by atoms with van der Waals surface area (Å²) in [6.45, 7) is 5.91. The summed E-state index contributed by atoms with van der Waals surface area (Å²) in [5, 5.41) is 10.9. The van der Waals surface area contributed by atoms with Crippen molar-refractivity contribution in [2.45, 2.75) is 33.4 Å². The normalized spacial score (nSPS) is 11.5. The molecule has 0 saturated carbocycles. The van der Waals surface area contributed by atoms with Gasteiger partial charge in [0.1, 0.15) is 6.04 Å². The molecule has 7 nitrogen and oxygen atoms in total. The summed E-state index contributed by atoms with van der Waals surface area (Å²) in [4.78, 5) is 36.7. The number of amides is 4. The summed E-state index contributed by atoms with van der Waals surface area (Å²) in [7, 11) is 1.56. The Hall–Kier alpha value is -3.35. The van der Waals surface area contributed by atoms with E-state index in [2.05, 4.69) is 21.3 Å². The molecule has 0 spiro atoms. The van der Waals surface area contributed by atoms with E-state index in [1.807, 2.05) is 51.1 Å². The highest BCUT2D eigenvalue weighted by Crippen LogP contribution is 2.18. The van der Waals surface area contributed by atoms with Crippen molar-refractivity contribution in [1.82, 2.24) is 16.0 Å². The van der Waals surface area contributed by atoms with Gasteiger partial charge in [-0.25, -0.2) is 4.79 Å². The standard InChI is InChI=1S/C22H28N4O3/c1-14(2)19(26-22(29)24-13-16-8-6-5-7-9-16)21(28)25-18-11-10-17(12-15(18)3)20(27)23-4/h5-12,14,19H,13H2,1-4H3,(H,23,27)(H,25,28)(H2,24,26,29). The molecule has 29 heavy (non-hydrogen) atoms. The van der Waals surface area contributed by atoms with E-state index in [4.69, 9.17) is 0 Å². The molecule has 154 valence electrons. The van der Waals surface area contributed by atoms with Gasteiger partial charge in [-0.15, -0.1) is 0 Å². The summed E-state index contributed by atoms with van der Waals surface area (Å²) in [6, 6.07) is 13.5. The zero-order valence-electron chi connectivity index (χ0n) is 17.2. The van der Waals surface area contributed by atoms with E-state index >= 15 is 0 Å². The Bertz CT molecular complexity index is 866. The van der Waals surface area contributed by atoms with Gasteiger partial charge >= 0.3 is 6.03 Å². The van der Waals surface area contributed by atoms with Gasteiger partial charge in [-0.05, 0) is 42.2 Å². The van der Waals surface area contributed by atoms with Crippen LogP contribution in [-0.2, 0) is 11.3 Å². The van der Waals surface area contributed by atoms with Crippen LogP contribution in [0.5, 0.6) is 0 Å². The first-order chi connectivity index (χ1) is 13.8. The van der Waals surface area contributed by atoms with E-state index in [9.17, 15) is 14.4 Å². The predicted octanol–water partition coefficient (Wildman–Crippen LogP) is 2.82. The molecule has 0 heterocycles. The largest absolute Gasteiger partial charge is 0.355 e. The molecule has 0 aliphatic rings. The number of aryl methyl sites for hydroxylation is 1. The average Bonchev–Trinajstić information content (AvgIpc) is 2.71. The topological polar surface area (TPSA) is 99.3 Å². The van der Waals surface area contributed by atoms with Crippen molar-refractivity contribution in [2.24, 2.45) is 5.92 Å². The lowest BCUT2D eigenvalue weighted by molar-refractivity contribution is -0.118. The molecule has 0 aromatic heterocycles. The second kappa shape index (κ2) is 10.3. The number of anilines is 1. The summed E-state index contributed by atoms with van der Waals surface area (Å²) in [5.74, 6) is -0.614. The zero-order valence-corrected chi connectivity index (χ0v) is 17.2. The highest BCUT2D eigenvalue weighted by atomic mass is 16.2. The molecule has 1 atom stereocenters. The zero-order chi connectivity index (χ0) is 21.4. The van der Waals surface area contributed by atoms with Crippen LogP contribution in [0, 0.1) is 12.8 Å². The number of hydrogen-bond acceptors (Lipinski definition) is 3. The van der Waals surface area contributed by atoms with Gasteiger partial charge in [0, 0.05) is 24.8 Å². The quantitative estimate of drug-likeness (QED) is 0.579. The molecule has 0 aliphatic carbocycles. The predicted molar refractivity (Wildman–Crippen MR) is 114 cm³/mol. The maximum absolute atomic E-state index is 12.8. The minimum absolute atomic E-state index is 0.108. The molecule has 0 bridgehead atoms. The number of nitrogens with one attached hydrogen (secondary N) is 4. The van der Waals surface area contributed by atoms with Gasteiger partial charge in [-0.2, -0.15) is 0 Å². The SMILES string of the molecule is CNC(=O)c1ccc(NC(=O)C(NC(=O)NCc2ccccc2)C(C)C)c(C)c1. The third-order valence-corrected chi connectivity index (χ3v) is 4.51. The first-order valence-electron chi connectivity index (χ1n) is 9.53. The van der Waals surface area contributed by atoms with Gasteiger partial charge in [-0.1, -0.05) is 44.2 Å². The van der Waals surface area contributed by atoms with E-state index < -0.39 is 12.1 Å². The second-order valence-corrected chi connectivity index (χ2v) is 7.13. The first-order valence-corrected chi connectivity index (χ1v) is 9.53. The molecule has 7 heteroatoms. The van der Waals surface area contributed by atoms with Crippen LogP contribution >= 0.6 is 0 Å².